The summed E-state index contributed by atoms with van der Waals surface area (Å²) in [5.74, 6) is 1.38. The van der Waals surface area contributed by atoms with Crippen molar-refractivity contribution in [3.63, 3.8) is 0 Å². The lowest BCUT2D eigenvalue weighted by atomic mass is 9.98. The van der Waals surface area contributed by atoms with Crippen LogP contribution < -0.4 is 0 Å². The summed E-state index contributed by atoms with van der Waals surface area (Å²) in [6.07, 6.45) is 3.40. The maximum absolute atomic E-state index is 5.71. The third-order valence-corrected chi connectivity index (χ3v) is 4.61. The molecule has 0 aliphatic heterocycles. The van der Waals surface area contributed by atoms with Gasteiger partial charge in [0.1, 0.15) is 0 Å². The van der Waals surface area contributed by atoms with Gasteiger partial charge in [0.05, 0.1) is 0 Å². The van der Waals surface area contributed by atoms with Crippen molar-refractivity contribution in [2.45, 2.75) is 33.1 Å². The number of hydrogen-bond donors (Lipinski definition) is 0. The molecule has 0 aromatic heterocycles. The van der Waals surface area contributed by atoms with Gasteiger partial charge in [-0.25, -0.2) is 0 Å². The first kappa shape index (κ1) is 17.2. The van der Waals surface area contributed by atoms with Crippen LogP contribution in [0.3, 0.4) is 0 Å². The molecule has 0 aliphatic carbocycles. The number of rotatable bonds is 9. The Labute approximate surface area is 134 Å². The van der Waals surface area contributed by atoms with Gasteiger partial charge < -0.3 is 4.74 Å². The normalized spacial score (nSPS) is 12.9. The van der Waals surface area contributed by atoms with Gasteiger partial charge in [0, 0.05) is 23.0 Å². The summed E-state index contributed by atoms with van der Waals surface area (Å²) >= 11 is 7.09. The summed E-state index contributed by atoms with van der Waals surface area (Å²) < 4.78 is 6.85. The molecule has 1 aromatic rings. The van der Waals surface area contributed by atoms with E-state index in [2.05, 4.69) is 70.0 Å². The van der Waals surface area contributed by atoms with E-state index in [1.165, 1.54) is 5.56 Å². The topological polar surface area (TPSA) is 9.23 Å². The maximum Gasteiger partial charge on any atom is 0.0469 e. The predicted octanol–water partition coefficient (Wildman–Crippen LogP) is 5.46. The SMILES string of the molecule is CC(C)CCOCCC(CBr)Cc1ccc(Br)cc1. The number of alkyl halides is 1. The molecular weight excluding hydrogens is 368 g/mol. The van der Waals surface area contributed by atoms with E-state index in [4.69, 9.17) is 4.74 Å². The van der Waals surface area contributed by atoms with E-state index in [0.29, 0.717) is 5.92 Å². The molecule has 1 atom stereocenters. The van der Waals surface area contributed by atoms with Gasteiger partial charge in [-0.2, -0.15) is 0 Å². The van der Waals surface area contributed by atoms with Crippen LogP contribution in [-0.2, 0) is 11.2 Å². The Bertz CT molecular complexity index is 335. The molecule has 3 heteroatoms. The van der Waals surface area contributed by atoms with E-state index < -0.39 is 0 Å². The number of hydrogen-bond acceptors (Lipinski definition) is 1. The molecule has 0 aliphatic rings. The van der Waals surface area contributed by atoms with Crippen LogP contribution in [0.15, 0.2) is 28.7 Å². The van der Waals surface area contributed by atoms with E-state index in [0.717, 1.165) is 48.2 Å². The minimum Gasteiger partial charge on any atom is -0.381 e. The van der Waals surface area contributed by atoms with E-state index in [1.807, 2.05) is 0 Å². The van der Waals surface area contributed by atoms with Gasteiger partial charge in [0.25, 0.3) is 0 Å². The summed E-state index contributed by atoms with van der Waals surface area (Å²) in [5.41, 5.74) is 1.40. The average Bonchev–Trinajstić information content (AvgIpc) is 2.39. The van der Waals surface area contributed by atoms with Crippen LogP contribution in [0.4, 0.5) is 0 Å². The van der Waals surface area contributed by atoms with Gasteiger partial charge in [0.15, 0.2) is 0 Å². The van der Waals surface area contributed by atoms with Crippen LogP contribution in [0.5, 0.6) is 0 Å². The molecule has 0 fully saturated rings. The zero-order valence-electron chi connectivity index (χ0n) is 11.9. The number of benzene rings is 1. The largest absolute Gasteiger partial charge is 0.381 e. The summed E-state index contributed by atoms with van der Waals surface area (Å²) in [7, 11) is 0. The van der Waals surface area contributed by atoms with Crippen molar-refractivity contribution in [3.8, 4) is 0 Å². The molecule has 0 heterocycles. The van der Waals surface area contributed by atoms with Crippen molar-refractivity contribution < 1.29 is 4.74 Å². The highest BCUT2D eigenvalue weighted by atomic mass is 79.9. The van der Waals surface area contributed by atoms with Crippen LogP contribution in [0.25, 0.3) is 0 Å². The van der Waals surface area contributed by atoms with Crippen molar-refractivity contribution in [2.75, 3.05) is 18.5 Å². The number of ether oxygens (including phenoxy) is 1. The second-order valence-corrected chi connectivity index (χ2v) is 7.00. The fraction of sp³-hybridized carbons (Fsp3) is 0.625. The quantitative estimate of drug-likeness (QED) is 0.401. The lowest BCUT2D eigenvalue weighted by Crippen LogP contribution is -2.11. The van der Waals surface area contributed by atoms with Gasteiger partial charge in [-0.3, -0.25) is 0 Å². The highest BCUT2D eigenvalue weighted by Crippen LogP contribution is 2.17. The molecule has 1 aromatic carbocycles. The predicted molar refractivity (Wildman–Crippen MR) is 90.0 cm³/mol. The monoisotopic (exact) mass is 390 g/mol. The van der Waals surface area contributed by atoms with E-state index in [-0.39, 0.29) is 0 Å². The fourth-order valence-corrected chi connectivity index (χ4v) is 2.68. The summed E-state index contributed by atoms with van der Waals surface area (Å²) in [6.45, 7) is 6.24. The smallest absolute Gasteiger partial charge is 0.0469 e. The lowest BCUT2D eigenvalue weighted by Gasteiger charge is -2.14. The first-order valence-corrected chi connectivity index (χ1v) is 8.91. The average molecular weight is 392 g/mol. The fourth-order valence-electron chi connectivity index (χ4n) is 1.86. The zero-order chi connectivity index (χ0) is 14.1. The third kappa shape index (κ3) is 8.11. The highest BCUT2D eigenvalue weighted by molar-refractivity contribution is 9.10. The standard InChI is InChI=1S/C16H24Br2O/c1-13(2)7-9-19-10-8-15(12-17)11-14-3-5-16(18)6-4-14/h3-6,13,15H,7-12H2,1-2H3. The van der Waals surface area contributed by atoms with Crippen LogP contribution >= 0.6 is 31.9 Å². The Balaban J connectivity index is 2.24. The second kappa shape index (κ2) is 9.95. The third-order valence-electron chi connectivity index (χ3n) is 3.17. The van der Waals surface area contributed by atoms with Gasteiger partial charge in [-0.05, 0) is 48.8 Å². The molecule has 19 heavy (non-hydrogen) atoms. The van der Waals surface area contributed by atoms with Crippen molar-refractivity contribution >= 4 is 31.9 Å². The summed E-state index contributed by atoms with van der Waals surface area (Å²) in [4.78, 5) is 0. The molecular formula is C16H24Br2O. The van der Waals surface area contributed by atoms with Gasteiger partial charge in [0.2, 0.25) is 0 Å². The molecule has 0 spiro atoms. The highest BCUT2D eigenvalue weighted by Gasteiger charge is 2.08. The van der Waals surface area contributed by atoms with E-state index >= 15 is 0 Å². The Morgan fingerprint density at radius 2 is 1.68 bits per heavy atom. The molecule has 0 amide bonds. The van der Waals surface area contributed by atoms with Crippen molar-refractivity contribution in [1.29, 1.82) is 0 Å². The maximum atomic E-state index is 5.71. The van der Waals surface area contributed by atoms with E-state index in [1.54, 1.807) is 0 Å². The van der Waals surface area contributed by atoms with Crippen molar-refractivity contribution in [1.82, 2.24) is 0 Å². The minimum atomic E-state index is 0.653. The van der Waals surface area contributed by atoms with Gasteiger partial charge in [-0.15, -0.1) is 0 Å². The minimum absolute atomic E-state index is 0.653. The number of halogens is 2. The zero-order valence-corrected chi connectivity index (χ0v) is 15.0. The summed E-state index contributed by atoms with van der Waals surface area (Å²) in [6, 6.07) is 8.61. The first-order valence-electron chi connectivity index (χ1n) is 7.00. The van der Waals surface area contributed by atoms with Crippen LogP contribution in [0.1, 0.15) is 32.3 Å². The van der Waals surface area contributed by atoms with Crippen molar-refractivity contribution in [3.05, 3.63) is 34.3 Å². The second-order valence-electron chi connectivity index (χ2n) is 5.43. The van der Waals surface area contributed by atoms with Crippen LogP contribution in [-0.4, -0.2) is 18.5 Å². The molecule has 0 radical (unpaired) electrons. The molecule has 1 nitrogen and oxygen atoms in total. The molecule has 108 valence electrons. The Hall–Kier alpha value is 0.140. The van der Waals surface area contributed by atoms with Crippen molar-refractivity contribution in [2.24, 2.45) is 11.8 Å². The van der Waals surface area contributed by atoms with Crippen LogP contribution in [0, 0.1) is 11.8 Å². The molecule has 0 saturated carbocycles. The van der Waals surface area contributed by atoms with Gasteiger partial charge >= 0.3 is 0 Å². The Kier molecular flexibility index (Phi) is 9.01. The first-order chi connectivity index (χ1) is 9.11. The van der Waals surface area contributed by atoms with E-state index in [9.17, 15) is 0 Å². The molecule has 1 rings (SSSR count). The lowest BCUT2D eigenvalue weighted by molar-refractivity contribution is 0.113. The molecule has 0 bridgehead atoms. The van der Waals surface area contributed by atoms with Gasteiger partial charge in [-0.1, -0.05) is 57.8 Å². The van der Waals surface area contributed by atoms with Crippen LogP contribution in [0.2, 0.25) is 0 Å². The summed E-state index contributed by atoms with van der Waals surface area (Å²) in [5, 5.41) is 1.04. The Morgan fingerprint density at radius 3 is 2.26 bits per heavy atom. The molecule has 1 unspecified atom stereocenters. The molecule has 0 N–H and O–H groups in total. The molecule has 0 saturated heterocycles. The Morgan fingerprint density at radius 1 is 1.05 bits per heavy atom.